The molecule has 0 amide bonds. The fourth-order valence-electron chi connectivity index (χ4n) is 3.98. The molecule has 2 aliphatic heterocycles. The Morgan fingerprint density at radius 2 is 1.50 bits per heavy atom. The van der Waals surface area contributed by atoms with Gasteiger partial charge in [-0.2, -0.15) is 0 Å². The Bertz CT molecular complexity index is 975. The average Bonchev–Trinajstić information content (AvgIpc) is 2.85. The molecule has 0 aromatic heterocycles. The molecule has 3 aromatic rings. The number of rotatable bonds is 6. The van der Waals surface area contributed by atoms with E-state index in [1.165, 1.54) is 11.8 Å². The van der Waals surface area contributed by atoms with Crippen molar-refractivity contribution in [2.24, 2.45) is 0 Å². The molecule has 4 nitrogen and oxygen atoms in total. The predicted octanol–water partition coefficient (Wildman–Crippen LogP) is 5.54. The third kappa shape index (κ3) is 4.90. The standard InChI is InChI=1S/C26H25FO4S/c27-22-23-21(17-29-25(31-23)19-12-6-2-7-13-19)30-26(32-20-14-8-3-9-15-20)24(22)28-16-18-10-4-1-5-11-18/h1-15,21-26H,16-17H2. The first-order valence-corrected chi connectivity index (χ1v) is 11.6. The molecule has 32 heavy (non-hydrogen) atoms. The second-order valence-corrected chi connectivity index (χ2v) is 9.03. The van der Waals surface area contributed by atoms with Gasteiger partial charge in [0.1, 0.15) is 23.7 Å². The summed E-state index contributed by atoms with van der Waals surface area (Å²) in [4.78, 5) is 0.997. The smallest absolute Gasteiger partial charge is 0.184 e. The maximum atomic E-state index is 15.9. The third-order valence-electron chi connectivity index (χ3n) is 5.62. The van der Waals surface area contributed by atoms with Crippen molar-refractivity contribution in [3.8, 4) is 0 Å². The van der Waals surface area contributed by atoms with Gasteiger partial charge in [0.15, 0.2) is 12.5 Å². The Hall–Kier alpha value is -2.22. The first-order valence-electron chi connectivity index (χ1n) is 10.8. The van der Waals surface area contributed by atoms with Crippen LogP contribution in [0.2, 0.25) is 0 Å². The molecule has 6 atom stereocenters. The number of halogens is 1. The second kappa shape index (κ2) is 10.1. The molecule has 2 heterocycles. The van der Waals surface area contributed by atoms with Gasteiger partial charge < -0.3 is 18.9 Å². The number of alkyl halides is 1. The Balaban J connectivity index is 1.35. The summed E-state index contributed by atoms with van der Waals surface area (Å²) in [6, 6.07) is 29.2. The average molecular weight is 453 g/mol. The van der Waals surface area contributed by atoms with E-state index in [0.717, 1.165) is 16.0 Å². The highest BCUT2D eigenvalue weighted by atomic mass is 32.2. The molecule has 0 aliphatic carbocycles. The van der Waals surface area contributed by atoms with E-state index in [9.17, 15) is 0 Å². The van der Waals surface area contributed by atoms with Crippen LogP contribution in [0.4, 0.5) is 4.39 Å². The third-order valence-corrected chi connectivity index (χ3v) is 6.77. The molecule has 2 fully saturated rings. The highest BCUT2D eigenvalue weighted by Crippen LogP contribution is 2.41. The van der Waals surface area contributed by atoms with Crippen LogP contribution < -0.4 is 0 Å². The molecule has 0 N–H and O–H groups in total. The van der Waals surface area contributed by atoms with Crippen LogP contribution >= 0.6 is 11.8 Å². The van der Waals surface area contributed by atoms with Gasteiger partial charge in [-0.25, -0.2) is 4.39 Å². The SMILES string of the molecule is FC1C2OC(c3ccccc3)OCC2OC(Sc2ccccc2)C1OCc1ccccc1. The van der Waals surface area contributed by atoms with Gasteiger partial charge in [-0.1, -0.05) is 90.6 Å². The molecular weight excluding hydrogens is 427 g/mol. The Morgan fingerprint density at radius 1 is 0.844 bits per heavy atom. The summed E-state index contributed by atoms with van der Waals surface area (Å²) in [5.41, 5.74) is 1.33. The summed E-state index contributed by atoms with van der Waals surface area (Å²) < 4.78 is 40.3. The lowest BCUT2D eigenvalue weighted by molar-refractivity contribution is -0.313. The van der Waals surface area contributed by atoms with Crippen LogP contribution in [-0.2, 0) is 25.6 Å². The second-order valence-electron chi connectivity index (χ2n) is 7.86. The minimum Gasteiger partial charge on any atom is -0.367 e. The molecule has 6 unspecified atom stereocenters. The first-order chi connectivity index (χ1) is 15.8. The number of hydrogen-bond acceptors (Lipinski definition) is 5. The predicted molar refractivity (Wildman–Crippen MR) is 121 cm³/mol. The number of ether oxygens (including phenoxy) is 4. The van der Waals surface area contributed by atoms with Gasteiger partial charge in [-0.3, -0.25) is 0 Å². The number of benzene rings is 3. The van der Waals surface area contributed by atoms with E-state index in [-0.39, 0.29) is 6.61 Å². The van der Waals surface area contributed by atoms with Crippen LogP contribution in [-0.4, -0.2) is 36.5 Å². The zero-order valence-electron chi connectivity index (χ0n) is 17.5. The van der Waals surface area contributed by atoms with Crippen molar-refractivity contribution >= 4 is 11.8 Å². The lowest BCUT2D eigenvalue weighted by Crippen LogP contribution is -2.60. The van der Waals surface area contributed by atoms with E-state index >= 15 is 4.39 Å². The quantitative estimate of drug-likeness (QED) is 0.491. The van der Waals surface area contributed by atoms with E-state index in [1.807, 2.05) is 91.0 Å². The van der Waals surface area contributed by atoms with Crippen LogP contribution in [0.1, 0.15) is 17.4 Å². The van der Waals surface area contributed by atoms with Gasteiger partial charge in [0.05, 0.1) is 13.2 Å². The molecular formula is C26H25FO4S. The highest BCUT2D eigenvalue weighted by molar-refractivity contribution is 7.99. The summed E-state index contributed by atoms with van der Waals surface area (Å²) in [5, 5.41) is 0. The molecule has 2 saturated heterocycles. The molecule has 0 bridgehead atoms. The molecule has 3 aromatic carbocycles. The molecule has 166 valence electrons. The van der Waals surface area contributed by atoms with Gasteiger partial charge in [0, 0.05) is 10.5 Å². The van der Waals surface area contributed by atoms with Crippen molar-refractivity contribution in [1.82, 2.24) is 0 Å². The number of fused-ring (bicyclic) bond motifs is 1. The minimum atomic E-state index is -1.35. The zero-order chi connectivity index (χ0) is 21.8. The van der Waals surface area contributed by atoms with Crippen LogP contribution in [0.5, 0.6) is 0 Å². The first kappa shape index (κ1) is 21.6. The van der Waals surface area contributed by atoms with Crippen molar-refractivity contribution in [2.45, 2.75) is 47.7 Å². The van der Waals surface area contributed by atoms with Gasteiger partial charge in [-0.05, 0) is 17.7 Å². The van der Waals surface area contributed by atoms with Gasteiger partial charge in [0.25, 0.3) is 0 Å². The fraction of sp³-hybridized carbons (Fsp3) is 0.308. The molecule has 5 rings (SSSR count). The van der Waals surface area contributed by atoms with Crippen molar-refractivity contribution < 1.29 is 23.3 Å². The van der Waals surface area contributed by atoms with Crippen molar-refractivity contribution in [3.63, 3.8) is 0 Å². The molecule has 0 spiro atoms. The van der Waals surface area contributed by atoms with E-state index < -0.39 is 36.2 Å². The highest BCUT2D eigenvalue weighted by Gasteiger charge is 2.51. The summed E-state index contributed by atoms with van der Waals surface area (Å²) in [5.74, 6) is 0. The zero-order valence-corrected chi connectivity index (χ0v) is 18.3. The number of hydrogen-bond donors (Lipinski definition) is 0. The summed E-state index contributed by atoms with van der Waals surface area (Å²) in [7, 11) is 0. The molecule has 2 aliphatic rings. The normalized spacial score (nSPS) is 29.9. The summed E-state index contributed by atoms with van der Waals surface area (Å²) >= 11 is 1.47. The Morgan fingerprint density at radius 3 is 2.22 bits per heavy atom. The Kier molecular flexibility index (Phi) is 6.86. The Labute approximate surface area is 191 Å². The van der Waals surface area contributed by atoms with Crippen molar-refractivity contribution in [2.75, 3.05) is 6.61 Å². The van der Waals surface area contributed by atoms with Gasteiger partial charge in [-0.15, -0.1) is 0 Å². The van der Waals surface area contributed by atoms with Gasteiger partial charge in [0.2, 0.25) is 0 Å². The fourth-order valence-corrected chi connectivity index (χ4v) is 5.12. The maximum Gasteiger partial charge on any atom is 0.184 e. The molecule has 6 heteroatoms. The van der Waals surface area contributed by atoms with E-state index in [1.54, 1.807) is 0 Å². The van der Waals surface area contributed by atoms with E-state index in [4.69, 9.17) is 18.9 Å². The summed E-state index contributed by atoms with van der Waals surface area (Å²) in [6.07, 6.45) is -4.01. The summed E-state index contributed by atoms with van der Waals surface area (Å²) in [6.45, 7) is 0.568. The van der Waals surface area contributed by atoms with Crippen LogP contribution in [0.25, 0.3) is 0 Å². The molecule has 0 saturated carbocycles. The van der Waals surface area contributed by atoms with Crippen LogP contribution in [0.15, 0.2) is 95.9 Å². The minimum absolute atomic E-state index is 0.266. The molecule has 0 radical (unpaired) electrons. The van der Waals surface area contributed by atoms with Crippen molar-refractivity contribution in [1.29, 1.82) is 0 Å². The van der Waals surface area contributed by atoms with Crippen LogP contribution in [0.3, 0.4) is 0 Å². The monoisotopic (exact) mass is 452 g/mol. The van der Waals surface area contributed by atoms with Gasteiger partial charge >= 0.3 is 0 Å². The van der Waals surface area contributed by atoms with E-state index in [0.29, 0.717) is 6.61 Å². The van der Waals surface area contributed by atoms with E-state index in [2.05, 4.69) is 0 Å². The van der Waals surface area contributed by atoms with Crippen molar-refractivity contribution in [3.05, 3.63) is 102 Å². The topological polar surface area (TPSA) is 36.9 Å². The maximum absolute atomic E-state index is 15.9. The lowest BCUT2D eigenvalue weighted by Gasteiger charge is -2.46. The lowest BCUT2D eigenvalue weighted by atomic mass is 9.99. The largest absolute Gasteiger partial charge is 0.367 e. The van der Waals surface area contributed by atoms with Crippen LogP contribution in [0, 0.1) is 0 Å². The number of thioether (sulfide) groups is 1.